The van der Waals surface area contributed by atoms with Crippen molar-refractivity contribution in [2.45, 2.75) is 32.6 Å². The Morgan fingerprint density at radius 1 is 1.39 bits per heavy atom. The number of anilines is 1. The van der Waals surface area contributed by atoms with Crippen LogP contribution in [0.3, 0.4) is 0 Å². The van der Waals surface area contributed by atoms with Crippen molar-refractivity contribution >= 4 is 17.2 Å². The van der Waals surface area contributed by atoms with E-state index in [1.165, 1.54) is 17.0 Å². The maximum atomic E-state index is 5.93. The molecule has 0 amide bonds. The Morgan fingerprint density at radius 2 is 2.22 bits per heavy atom. The van der Waals surface area contributed by atoms with Gasteiger partial charge in [-0.05, 0) is 36.8 Å². The number of hydrogen-bond acceptors (Lipinski definition) is 4. The Balaban J connectivity index is 2.06. The number of nitrogen functional groups attached to an aromatic ring is 1. The fourth-order valence-corrected chi connectivity index (χ4v) is 3.92. The third-order valence-electron chi connectivity index (χ3n) is 3.54. The summed E-state index contributed by atoms with van der Waals surface area (Å²) in [7, 11) is 0. The molecule has 3 rings (SSSR count). The molecule has 94 valence electrons. The Bertz CT molecular complexity index is 576. The number of fused-ring (bicyclic) bond motifs is 1. The molecule has 1 aliphatic carbocycles. The molecule has 0 fully saturated rings. The number of thiazole rings is 1. The van der Waals surface area contributed by atoms with Crippen LogP contribution in [-0.4, -0.2) is 9.97 Å². The number of pyridine rings is 1. The predicted molar refractivity (Wildman–Crippen MR) is 75.7 cm³/mol. The van der Waals surface area contributed by atoms with E-state index in [4.69, 9.17) is 10.7 Å². The van der Waals surface area contributed by atoms with Crippen LogP contribution >= 0.6 is 11.3 Å². The van der Waals surface area contributed by atoms with Crippen LogP contribution in [0.1, 0.15) is 36.8 Å². The largest absolute Gasteiger partial charge is 0.383 e. The average Bonchev–Trinajstić information content (AvgIpc) is 2.73. The van der Waals surface area contributed by atoms with Gasteiger partial charge in [-0.2, -0.15) is 0 Å². The summed E-state index contributed by atoms with van der Waals surface area (Å²) < 4.78 is 0. The van der Waals surface area contributed by atoms with Gasteiger partial charge < -0.3 is 5.73 Å². The lowest BCUT2D eigenvalue weighted by molar-refractivity contribution is 0.450. The van der Waals surface area contributed by atoms with E-state index in [-0.39, 0.29) is 0 Å². The lowest BCUT2D eigenvalue weighted by Gasteiger charge is -2.22. The highest BCUT2D eigenvalue weighted by molar-refractivity contribution is 7.15. The van der Waals surface area contributed by atoms with E-state index in [9.17, 15) is 0 Å². The van der Waals surface area contributed by atoms with Crippen molar-refractivity contribution in [1.29, 1.82) is 0 Å². The topological polar surface area (TPSA) is 51.8 Å². The second-order valence-corrected chi connectivity index (χ2v) is 6.24. The first kappa shape index (κ1) is 11.7. The fourth-order valence-electron chi connectivity index (χ4n) is 2.73. The second-order valence-electron chi connectivity index (χ2n) is 5.21. The molecular weight excluding hydrogens is 242 g/mol. The Kier molecular flexibility index (Phi) is 2.82. The first-order chi connectivity index (χ1) is 8.65. The molecule has 0 spiro atoms. The van der Waals surface area contributed by atoms with E-state index in [0.29, 0.717) is 11.7 Å². The van der Waals surface area contributed by atoms with Crippen molar-refractivity contribution in [3.8, 4) is 10.6 Å². The summed E-state index contributed by atoms with van der Waals surface area (Å²) in [5.74, 6) is 1.92. The molecule has 4 heteroatoms. The Labute approximate surface area is 111 Å². The van der Waals surface area contributed by atoms with Gasteiger partial charge in [-0.1, -0.05) is 13.8 Å². The minimum atomic E-state index is 0.573. The zero-order valence-electron chi connectivity index (χ0n) is 10.7. The van der Waals surface area contributed by atoms with E-state index in [1.54, 1.807) is 17.5 Å². The highest BCUT2D eigenvalue weighted by atomic mass is 32.1. The van der Waals surface area contributed by atoms with Gasteiger partial charge in [0.05, 0.1) is 11.3 Å². The number of nitrogens with two attached hydrogens (primary N) is 1. The van der Waals surface area contributed by atoms with Crippen molar-refractivity contribution in [3.05, 3.63) is 28.9 Å². The summed E-state index contributed by atoms with van der Waals surface area (Å²) in [6.45, 7) is 4.60. The first-order valence-corrected chi connectivity index (χ1v) is 7.17. The second kappa shape index (κ2) is 4.35. The molecule has 0 saturated carbocycles. The van der Waals surface area contributed by atoms with Crippen LogP contribution in [0, 0.1) is 5.92 Å². The Hall–Kier alpha value is -1.42. The molecule has 2 aromatic rings. The number of hydrogen-bond donors (Lipinski definition) is 1. The summed E-state index contributed by atoms with van der Waals surface area (Å²) in [6.07, 6.45) is 4.07. The third-order valence-corrected chi connectivity index (χ3v) is 4.90. The van der Waals surface area contributed by atoms with Crippen LogP contribution in [0.15, 0.2) is 18.3 Å². The predicted octanol–water partition coefficient (Wildman–Crippen LogP) is 3.47. The van der Waals surface area contributed by atoms with Crippen molar-refractivity contribution in [2.75, 3.05) is 5.73 Å². The normalized spacial score (nSPS) is 22.8. The van der Waals surface area contributed by atoms with Gasteiger partial charge in [-0.25, -0.2) is 9.97 Å². The molecule has 18 heavy (non-hydrogen) atoms. The van der Waals surface area contributed by atoms with Crippen molar-refractivity contribution in [1.82, 2.24) is 9.97 Å². The fraction of sp³-hybridized carbons (Fsp3) is 0.429. The quantitative estimate of drug-likeness (QED) is 0.853. The number of nitrogens with zero attached hydrogens (tertiary/aromatic N) is 2. The van der Waals surface area contributed by atoms with E-state index in [1.807, 2.05) is 12.1 Å². The summed E-state index contributed by atoms with van der Waals surface area (Å²) in [6, 6.07) is 3.92. The molecule has 0 aliphatic heterocycles. The molecular formula is C14H17N3S. The van der Waals surface area contributed by atoms with Gasteiger partial charge in [0, 0.05) is 11.1 Å². The molecule has 2 aromatic heterocycles. The lowest BCUT2D eigenvalue weighted by atomic mass is 9.86. The van der Waals surface area contributed by atoms with Crippen molar-refractivity contribution < 1.29 is 0 Å². The monoisotopic (exact) mass is 259 g/mol. The highest BCUT2D eigenvalue weighted by Gasteiger charge is 2.26. The van der Waals surface area contributed by atoms with Gasteiger partial charge in [0.25, 0.3) is 0 Å². The summed E-state index contributed by atoms with van der Waals surface area (Å²) in [4.78, 5) is 10.4. The molecule has 0 aromatic carbocycles. The number of aromatic nitrogens is 2. The van der Waals surface area contributed by atoms with E-state index >= 15 is 0 Å². The van der Waals surface area contributed by atoms with Gasteiger partial charge in [-0.15, -0.1) is 11.3 Å². The van der Waals surface area contributed by atoms with Crippen LogP contribution in [0.25, 0.3) is 10.6 Å². The molecule has 2 atom stereocenters. The van der Waals surface area contributed by atoms with Crippen LogP contribution in [0.4, 0.5) is 5.82 Å². The lowest BCUT2D eigenvalue weighted by Crippen LogP contribution is -2.12. The van der Waals surface area contributed by atoms with E-state index in [0.717, 1.165) is 22.9 Å². The summed E-state index contributed by atoms with van der Waals surface area (Å²) in [5, 5.41) is 1.02. The van der Waals surface area contributed by atoms with Gasteiger partial charge in [0.15, 0.2) is 0 Å². The highest BCUT2D eigenvalue weighted by Crippen LogP contribution is 2.41. The minimum Gasteiger partial charge on any atom is -0.383 e. The standard InChI is InChI=1S/C14H17N3S/c1-8-6-9(2)12-11(7-8)17-14(18-12)10-4-3-5-16-13(10)15/h3-5,8-9H,6-7H2,1-2H3,(H2,15,16). The van der Waals surface area contributed by atoms with Crippen LogP contribution < -0.4 is 5.73 Å². The molecule has 2 unspecified atom stereocenters. The van der Waals surface area contributed by atoms with Crippen LogP contribution in [0.5, 0.6) is 0 Å². The van der Waals surface area contributed by atoms with Crippen LogP contribution in [-0.2, 0) is 6.42 Å². The SMILES string of the molecule is CC1Cc2nc(-c3cccnc3N)sc2C(C)C1. The third kappa shape index (κ3) is 1.90. The first-order valence-electron chi connectivity index (χ1n) is 6.35. The molecule has 0 saturated heterocycles. The van der Waals surface area contributed by atoms with E-state index in [2.05, 4.69) is 18.8 Å². The summed E-state index contributed by atoms with van der Waals surface area (Å²) >= 11 is 1.78. The molecule has 0 radical (unpaired) electrons. The smallest absolute Gasteiger partial charge is 0.133 e. The zero-order chi connectivity index (χ0) is 12.7. The van der Waals surface area contributed by atoms with Gasteiger partial charge in [0.2, 0.25) is 0 Å². The average molecular weight is 259 g/mol. The molecule has 3 nitrogen and oxygen atoms in total. The van der Waals surface area contributed by atoms with E-state index < -0.39 is 0 Å². The van der Waals surface area contributed by atoms with Crippen LogP contribution in [0.2, 0.25) is 0 Å². The minimum absolute atomic E-state index is 0.573. The molecule has 2 heterocycles. The van der Waals surface area contributed by atoms with Crippen molar-refractivity contribution in [2.24, 2.45) is 5.92 Å². The Morgan fingerprint density at radius 3 is 3.00 bits per heavy atom. The summed E-state index contributed by atoms with van der Waals surface area (Å²) in [5.41, 5.74) is 8.17. The zero-order valence-corrected chi connectivity index (χ0v) is 11.5. The van der Waals surface area contributed by atoms with Crippen molar-refractivity contribution in [3.63, 3.8) is 0 Å². The van der Waals surface area contributed by atoms with Gasteiger partial charge in [0.1, 0.15) is 10.8 Å². The van der Waals surface area contributed by atoms with Gasteiger partial charge in [-0.3, -0.25) is 0 Å². The van der Waals surface area contributed by atoms with Gasteiger partial charge >= 0.3 is 0 Å². The maximum Gasteiger partial charge on any atom is 0.133 e. The molecule has 2 N–H and O–H groups in total. The maximum absolute atomic E-state index is 5.93. The molecule has 1 aliphatic rings. The molecule has 0 bridgehead atoms. The number of rotatable bonds is 1.